The maximum atomic E-state index is 12.0. The Bertz CT molecular complexity index is 546. The van der Waals surface area contributed by atoms with Crippen LogP contribution in [0.4, 0.5) is 18.9 Å². The minimum Gasteiger partial charge on any atom is -0.294 e. The molecule has 0 radical (unpaired) electrons. The molecule has 20 heavy (non-hydrogen) atoms. The molecule has 1 aromatic carbocycles. The standard InChI is InChI=1S/C11H8Cl2F3NO3/c12-6-3-4-7(17(19)20)10(13)9(6)8(18)2-1-5-11(14,15)16/h3-4H,1-2,5H2. The van der Waals surface area contributed by atoms with Gasteiger partial charge in [0.2, 0.25) is 0 Å². The molecule has 0 saturated carbocycles. The molecular formula is C11H8Cl2F3NO3. The molecule has 9 heteroatoms. The number of rotatable bonds is 5. The molecule has 0 aliphatic carbocycles. The Morgan fingerprint density at radius 2 is 1.90 bits per heavy atom. The fraction of sp³-hybridized carbons (Fsp3) is 0.364. The van der Waals surface area contributed by atoms with Crippen molar-refractivity contribution in [3.05, 3.63) is 37.9 Å². The largest absolute Gasteiger partial charge is 0.389 e. The van der Waals surface area contributed by atoms with Crippen molar-refractivity contribution in [3.63, 3.8) is 0 Å². The average Bonchev–Trinajstić information content (AvgIpc) is 2.26. The van der Waals surface area contributed by atoms with E-state index >= 15 is 0 Å². The summed E-state index contributed by atoms with van der Waals surface area (Å²) < 4.78 is 36.0. The Hall–Kier alpha value is -1.34. The molecule has 0 fully saturated rings. The van der Waals surface area contributed by atoms with Crippen LogP contribution in [0.5, 0.6) is 0 Å². The molecule has 0 N–H and O–H groups in total. The molecule has 0 spiro atoms. The summed E-state index contributed by atoms with van der Waals surface area (Å²) in [5.41, 5.74) is -0.833. The topological polar surface area (TPSA) is 60.2 Å². The van der Waals surface area contributed by atoms with Crippen molar-refractivity contribution in [2.24, 2.45) is 0 Å². The van der Waals surface area contributed by atoms with E-state index in [1.165, 1.54) is 0 Å². The van der Waals surface area contributed by atoms with Gasteiger partial charge < -0.3 is 0 Å². The number of benzene rings is 1. The zero-order chi connectivity index (χ0) is 15.5. The lowest BCUT2D eigenvalue weighted by molar-refractivity contribution is -0.384. The zero-order valence-electron chi connectivity index (χ0n) is 9.84. The number of carbonyl (C=O) groups excluding carboxylic acids is 1. The molecule has 1 aromatic rings. The minimum absolute atomic E-state index is 0.127. The summed E-state index contributed by atoms with van der Waals surface area (Å²) >= 11 is 11.4. The molecule has 0 amide bonds. The fourth-order valence-corrected chi connectivity index (χ4v) is 2.16. The molecule has 0 aromatic heterocycles. The van der Waals surface area contributed by atoms with Gasteiger partial charge in [-0.1, -0.05) is 23.2 Å². The summed E-state index contributed by atoms with van der Waals surface area (Å²) in [5.74, 6) is -0.757. The van der Waals surface area contributed by atoms with Gasteiger partial charge in [0.1, 0.15) is 5.02 Å². The summed E-state index contributed by atoms with van der Waals surface area (Å²) in [5, 5.41) is 10.1. The number of carbonyl (C=O) groups is 1. The number of ketones is 1. The molecule has 1 rings (SSSR count). The van der Waals surface area contributed by atoms with E-state index in [1.807, 2.05) is 0 Å². The average molecular weight is 330 g/mol. The first-order chi connectivity index (χ1) is 9.13. The van der Waals surface area contributed by atoms with E-state index in [9.17, 15) is 28.1 Å². The number of hydrogen-bond acceptors (Lipinski definition) is 3. The van der Waals surface area contributed by atoms with Gasteiger partial charge >= 0.3 is 6.18 Å². The number of Topliss-reactive ketones (excluding diaryl/α,β-unsaturated/α-hetero) is 1. The molecule has 0 aliphatic heterocycles. The van der Waals surface area contributed by atoms with Gasteiger partial charge in [-0.3, -0.25) is 14.9 Å². The van der Waals surface area contributed by atoms with E-state index in [-0.39, 0.29) is 10.6 Å². The highest BCUT2D eigenvalue weighted by Gasteiger charge is 2.28. The predicted molar refractivity (Wildman–Crippen MR) is 67.4 cm³/mol. The quantitative estimate of drug-likeness (QED) is 0.442. The van der Waals surface area contributed by atoms with Crippen LogP contribution in [0.15, 0.2) is 12.1 Å². The first kappa shape index (κ1) is 16.7. The van der Waals surface area contributed by atoms with Gasteiger partial charge in [0.25, 0.3) is 5.69 Å². The number of nitro groups is 1. The van der Waals surface area contributed by atoms with Gasteiger partial charge in [-0.25, -0.2) is 0 Å². The van der Waals surface area contributed by atoms with Crippen LogP contribution < -0.4 is 0 Å². The highest BCUT2D eigenvalue weighted by Crippen LogP contribution is 2.34. The van der Waals surface area contributed by atoms with Gasteiger partial charge in [0.05, 0.1) is 15.5 Å². The summed E-state index contributed by atoms with van der Waals surface area (Å²) in [6.45, 7) is 0. The van der Waals surface area contributed by atoms with Crippen LogP contribution in [0.1, 0.15) is 29.6 Å². The lowest BCUT2D eigenvalue weighted by Crippen LogP contribution is -2.09. The molecule has 0 unspecified atom stereocenters. The fourth-order valence-electron chi connectivity index (χ4n) is 1.51. The molecule has 0 heterocycles. The second kappa shape index (κ2) is 6.41. The highest BCUT2D eigenvalue weighted by atomic mass is 35.5. The van der Waals surface area contributed by atoms with Crippen LogP contribution in [0.2, 0.25) is 10.0 Å². The smallest absolute Gasteiger partial charge is 0.294 e. The van der Waals surface area contributed by atoms with Crippen molar-refractivity contribution in [3.8, 4) is 0 Å². The van der Waals surface area contributed by atoms with E-state index < -0.39 is 46.9 Å². The first-order valence-electron chi connectivity index (χ1n) is 5.36. The third kappa shape index (κ3) is 4.35. The second-order valence-corrected chi connectivity index (χ2v) is 4.69. The zero-order valence-corrected chi connectivity index (χ0v) is 11.3. The second-order valence-electron chi connectivity index (χ2n) is 3.90. The van der Waals surface area contributed by atoms with Crippen LogP contribution in [-0.4, -0.2) is 16.9 Å². The first-order valence-corrected chi connectivity index (χ1v) is 6.11. The molecule has 4 nitrogen and oxygen atoms in total. The number of hydrogen-bond donors (Lipinski definition) is 0. The maximum absolute atomic E-state index is 12.0. The van der Waals surface area contributed by atoms with Gasteiger partial charge in [0, 0.05) is 18.9 Å². The maximum Gasteiger partial charge on any atom is 0.389 e. The number of nitro benzene ring substituents is 1. The van der Waals surface area contributed by atoms with E-state index in [0.717, 1.165) is 12.1 Å². The summed E-state index contributed by atoms with van der Waals surface area (Å²) in [4.78, 5) is 21.7. The van der Waals surface area contributed by atoms with Crippen molar-refractivity contribution >= 4 is 34.7 Å². The van der Waals surface area contributed by atoms with Gasteiger partial charge in [-0.05, 0) is 12.5 Å². The van der Waals surface area contributed by atoms with E-state index in [0.29, 0.717) is 0 Å². The number of halogens is 5. The summed E-state index contributed by atoms with van der Waals surface area (Å²) in [7, 11) is 0. The molecule has 0 saturated heterocycles. The molecule has 0 aliphatic rings. The van der Waals surface area contributed by atoms with E-state index in [2.05, 4.69) is 0 Å². The normalized spacial score (nSPS) is 11.4. The lowest BCUT2D eigenvalue weighted by atomic mass is 10.0. The van der Waals surface area contributed by atoms with Crippen LogP contribution in [0.25, 0.3) is 0 Å². The van der Waals surface area contributed by atoms with Crippen LogP contribution in [0.3, 0.4) is 0 Å². The Morgan fingerprint density at radius 3 is 2.40 bits per heavy atom. The van der Waals surface area contributed by atoms with Gasteiger partial charge in [-0.2, -0.15) is 13.2 Å². The van der Waals surface area contributed by atoms with Crippen LogP contribution >= 0.6 is 23.2 Å². The minimum atomic E-state index is -4.36. The summed E-state index contributed by atoms with van der Waals surface area (Å²) in [6, 6.07) is 2.14. The SMILES string of the molecule is O=C(CCCC(F)(F)F)c1c(Cl)ccc([N+](=O)[O-])c1Cl. The monoisotopic (exact) mass is 329 g/mol. The Labute approximate surface area is 121 Å². The van der Waals surface area contributed by atoms with E-state index in [4.69, 9.17) is 23.2 Å². The molecule has 0 bridgehead atoms. The Morgan fingerprint density at radius 1 is 1.30 bits per heavy atom. The van der Waals surface area contributed by atoms with E-state index in [1.54, 1.807) is 0 Å². The van der Waals surface area contributed by atoms with Crippen molar-refractivity contribution in [1.29, 1.82) is 0 Å². The molecule has 110 valence electrons. The Balaban J connectivity index is 2.93. The summed E-state index contributed by atoms with van der Waals surface area (Å²) in [6.07, 6.45) is -6.36. The van der Waals surface area contributed by atoms with Gasteiger partial charge in [0.15, 0.2) is 5.78 Å². The third-order valence-corrected chi connectivity index (χ3v) is 3.11. The Kier molecular flexibility index (Phi) is 5.35. The number of nitrogens with zero attached hydrogens (tertiary/aromatic N) is 1. The molecule has 0 atom stereocenters. The van der Waals surface area contributed by atoms with Crippen molar-refractivity contribution in [2.75, 3.05) is 0 Å². The predicted octanol–water partition coefficient (Wildman–Crippen LogP) is 4.82. The number of alkyl halides is 3. The highest BCUT2D eigenvalue weighted by molar-refractivity contribution is 6.41. The van der Waals surface area contributed by atoms with Crippen molar-refractivity contribution in [2.45, 2.75) is 25.4 Å². The van der Waals surface area contributed by atoms with Crippen molar-refractivity contribution in [1.82, 2.24) is 0 Å². The van der Waals surface area contributed by atoms with Gasteiger partial charge in [-0.15, -0.1) is 0 Å². The van der Waals surface area contributed by atoms with Crippen LogP contribution in [0, 0.1) is 10.1 Å². The van der Waals surface area contributed by atoms with Crippen LogP contribution in [-0.2, 0) is 0 Å². The lowest BCUT2D eigenvalue weighted by Gasteiger charge is -2.08. The molecular weight excluding hydrogens is 322 g/mol. The van der Waals surface area contributed by atoms with Crippen molar-refractivity contribution < 1.29 is 22.9 Å². The third-order valence-electron chi connectivity index (χ3n) is 2.41.